The molecule has 2 rings (SSSR count). The van der Waals surface area contributed by atoms with Crippen LogP contribution in [0.1, 0.15) is 22.7 Å². The lowest BCUT2D eigenvalue weighted by Gasteiger charge is -2.35. The van der Waals surface area contributed by atoms with E-state index in [9.17, 15) is 5.11 Å². The van der Waals surface area contributed by atoms with Crippen molar-refractivity contribution in [3.63, 3.8) is 0 Å². The summed E-state index contributed by atoms with van der Waals surface area (Å²) >= 11 is 1.72. The molecular formula is C12H20N2O2S. The molecule has 0 saturated carbocycles. The number of aromatic nitrogens is 1. The van der Waals surface area contributed by atoms with E-state index in [1.807, 2.05) is 13.1 Å². The number of rotatable bonds is 5. The molecule has 0 amide bonds. The van der Waals surface area contributed by atoms with Gasteiger partial charge in [-0.05, 0) is 19.8 Å². The summed E-state index contributed by atoms with van der Waals surface area (Å²) in [6.07, 6.45) is 3.80. The summed E-state index contributed by atoms with van der Waals surface area (Å²) in [6, 6.07) is 0. The number of nitrogens with one attached hydrogen (secondary N) is 1. The molecule has 0 aromatic carbocycles. The molecular weight excluding hydrogens is 236 g/mol. The first-order chi connectivity index (χ1) is 8.24. The average molecular weight is 256 g/mol. The third-order valence-corrected chi connectivity index (χ3v) is 4.27. The fraction of sp³-hybridized carbons (Fsp3) is 0.750. The van der Waals surface area contributed by atoms with Crippen LogP contribution < -0.4 is 5.32 Å². The molecule has 96 valence electrons. The third-order valence-electron chi connectivity index (χ3n) is 3.36. The van der Waals surface area contributed by atoms with Crippen LogP contribution in [-0.2, 0) is 11.3 Å². The van der Waals surface area contributed by atoms with Gasteiger partial charge < -0.3 is 15.2 Å². The molecule has 1 aliphatic heterocycles. The molecule has 5 heteroatoms. The number of thiazole rings is 1. The van der Waals surface area contributed by atoms with Crippen LogP contribution in [0.2, 0.25) is 0 Å². The van der Waals surface area contributed by atoms with E-state index in [0.717, 1.165) is 44.2 Å². The van der Waals surface area contributed by atoms with E-state index in [4.69, 9.17) is 4.74 Å². The lowest BCUT2D eigenvalue weighted by molar-refractivity contribution is -0.0153. The van der Waals surface area contributed by atoms with Gasteiger partial charge >= 0.3 is 0 Å². The van der Waals surface area contributed by atoms with Gasteiger partial charge in [0.25, 0.3) is 0 Å². The van der Waals surface area contributed by atoms with Gasteiger partial charge in [-0.2, -0.15) is 0 Å². The van der Waals surface area contributed by atoms with E-state index < -0.39 is 0 Å². The maximum atomic E-state index is 9.54. The molecule has 0 spiro atoms. The first-order valence-electron chi connectivity index (χ1n) is 6.05. The number of aliphatic hydroxyl groups excluding tert-OH is 1. The van der Waals surface area contributed by atoms with Crippen LogP contribution in [0.4, 0.5) is 0 Å². The van der Waals surface area contributed by atoms with E-state index >= 15 is 0 Å². The maximum absolute atomic E-state index is 9.54. The van der Waals surface area contributed by atoms with Crippen molar-refractivity contribution in [2.24, 2.45) is 5.41 Å². The predicted octanol–water partition coefficient (Wildman–Crippen LogP) is 1.33. The van der Waals surface area contributed by atoms with Gasteiger partial charge in [-0.1, -0.05) is 0 Å². The zero-order chi connectivity index (χ0) is 12.1. The molecule has 0 aliphatic carbocycles. The first-order valence-corrected chi connectivity index (χ1v) is 6.86. The molecule has 1 aromatic rings. The Morgan fingerprint density at radius 2 is 2.29 bits per heavy atom. The minimum absolute atomic E-state index is 0.0119. The summed E-state index contributed by atoms with van der Waals surface area (Å²) in [5.74, 6) is 0. The van der Waals surface area contributed by atoms with Crippen molar-refractivity contribution in [3.8, 4) is 0 Å². The largest absolute Gasteiger partial charge is 0.396 e. The van der Waals surface area contributed by atoms with Gasteiger partial charge in [0.05, 0.1) is 11.6 Å². The van der Waals surface area contributed by atoms with Gasteiger partial charge in [0.2, 0.25) is 0 Å². The fourth-order valence-corrected chi connectivity index (χ4v) is 2.90. The normalized spacial score (nSPS) is 19.4. The quantitative estimate of drug-likeness (QED) is 0.834. The van der Waals surface area contributed by atoms with Crippen LogP contribution in [-0.4, -0.2) is 36.5 Å². The Kier molecular flexibility index (Phi) is 4.50. The molecule has 4 nitrogen and oxygen atoms in total. The van der Waals surface area contributed by atoms with Gasteiger partial charge in [0.15, 0.2) is 0 Å². The molecule has 1 fully saturated rings. The predicted molar refractivity (Wildman–Crippen MR) is 68.1 cm³/mol. The molecule has 17 heavy (non-hydrogen) atoms. The zero-order valence-electron chi connectivity index (χ0n) is 10.2. The van der Waals surface area contributed by atoms with Crippen LogP contribution in [0.15, 0.2) is 6.20 Å². The Labute approximate surface area is 106 Å². The van der Waals surface area contributed by atoms with Gasteiger partial charge in [-0.15, -0.1) is 11.3 Å². The number of ether oxygens (including phenoxy) is 1. The average Bonchev–Trinajstić information content (AvgIpc) is 2.76. The molecule has 2 N–H and O–H groups in total. The topological polar surface area (TPSA) is 54.4 Å². The summed E-state index contributed by atoms with van der Waals surface area (Å²) in [4.78, 5) is 5.48. The van der Waals surface area contributed by atoms with Crippen molar-refractivity contribution < 1.29 is 9.84 Å². The standard InChI is InChI=1S/C12H20N2O2S/c1-10-14-7-11(17-10)6-13-8-12(9-15)2-4-16-5-3-12/h7,13,15H,2-6,8-9H2,1H3. The fourth-order valence-electron chi connectivity index (χ4n) is 2.13. The van der Waals surface area contributed by atoms with Gasteiger partial charge in [-0.3, -0.25) is 0 Å². The third kappa shape index (κ3) is 3.48. The number of nitrogens with zero attached hydrogens (tertiary/aromatic N) is 1. The SMILES string of the molecule is Cc1ncc(CNCC2(CO)CCOCC2)s1. The van der Waals surface area contributed by atoms with Gasteiger partial charge in [0, 0.05) is 42.8 Å². The van der Waals surface area contributed by atoms with E-state index in [1.165, 1.54) is 4.88 Å². The monoisotopic (exact) mass is 256 g/mol. The van der Waals surface area contributed by atoms with Crippen LogP contribution in [0.3, 0.4) is 0 Å². The number of hydrogen-bond donors (Lipinski definition) is 2. The molecule has 0 bridgehead atoms. The van der Waals surface area contributed by atoms with Gasteiger partial charge in [-0.25, -0.2) is 4.98 Å². The summed E-state index contributed by atoms with van der Waals surface area (Å²) in [5, 5.41) is 14.1. The van der Waals surface area contributed by atoms with E-state index in [0.29, 0.717) is 0 Å². The molecule has 2 heterocycles. The van der Waals surface area contributed by atoms with Crippen LogP contribution in [0.25, 0.3) is 0 Å². The second-order valence-electron chi connectivity index (χ2n) is 4.72. The van der Waals surface area contributed by atoms with Crippen molar-refractivity contribution in [2.75, 3.05) is 26.4 Å². The van der Waals surface area contributed by atoms with Crippen LogP contribution in [0, 0.1) is 12.3 Å². The molecule has 0 atom stereocenters. The van der Waals surface area contributed by atoms with Crippen LogP contribution >= 0.6 is 11.3 Å². The maximum Gasteiger partial charge on any atom is 0.0897 e. The molecule has 0 unspecified atom stereocenters. The van der Waals surface area contributed by atoms with Crippen molar-refractivity contribution in [1.82, 2.24) is 10.3 Å². The highest BCUT2D eigenvalue weighted by Gasteiger charge is 2.31. The van der Waals surface area contributed by atoms with Crippen molar-refractivity contribution >= 4 is 11.3 Å². The van der Waals surface area contributed by atoms with E-state index in [-0.39, 0.29) is 12.0 Å². The summed E-state index contributed by atoms with van der Waals surface area (Å²) in [5.41, 5.74) is 0.0119. The second-order valence-corrected chi connectivity index (χ2v) is 6.04. The Bertz CT molecular complexity index is 348. The summed E-state index contributed by atoms with van der Waals surface area (Å²) in [6.45, 7) is 5.48. The Morgan fingerprint density at radius 3 is 2.88 bits per heavy atom. The minimum atomic E-state index is 0.0119. The van der Waals surface area contributed by atoms with Gasteiger partial charge in [0.1, 0.15) is 0 Å². The van der Waals surface area contributed by atoms with E-state index in [1.54, 1.807) is 11.3 Å². The highest BCUT2D eigenvalue weighted by atomic mass is 32.1. The second kappa shape index (κ2) is 5.91. The molecule has 0 radical (unpaired) electrons. The molecule has 1 saturated heterocycles. The highest BCUT2D eigenvalue weighted by molar-refractivity contribution is 7.11. The molecule has 1 aliphatic rings. The van der Waals surface area contributed by atoms with E-state index in [2.05, 4.69) is 10.3 Å². The molecule has 1 aromatic heterocycles. The summed E-state index contributed by atoms with van der Waals surface area (Å²) < 4.78 is 5.35. The Hall–Kier alpha value is -0.490. The Morgan fingerprint density at radius 1 is 1.53 bits per heavy atom. The minimum Gasteiger partial charge on any atom is -0.396 e. The number of aliphatic hydroxyl groups is 1. The number of aryl methyl sites for hydroxylation is 1. The lowest BCUT2D eigenvalue weighted by Crippen LogP contribution is -2.41. The van der Waals surface area contributed by atoms with Crippen LogP contribution in [0.5, 0.6) is 0 Å². The van der Waals surface area contributed by atoms with Crippen molar-refractivity contribution in [2.45, 2.75) is 26.3 Å². The van der Waals surface area contributed by atoms with Crippen molar-refractivity contribution in [1.29, 1.82) is 0 Å². The highest BCUT2D eigenvalue weighted by Crippen LogP contribution is 2.29. The Balaban J connectivity index is 1.79. The first kappa shape index (κ1) is 13.0. The van der Waals surface area contributed by atoms with Crippen molar-refractivity contribution in [3.05, 3.63) is 16.1 Å². The number of hydrogen-bond acceptors (Lipinski definition) is 5. The lowest BCUT2D eigenvalue weighted by atomic mass is 9.81. The smallest absolute Gasteiger partial charge is 0.0897 e. The summed E-state index contributed by atoms with van der Waals surface area (Å²) in [7, 11) is 0. The zero-order valence-corrected chi connectivity index (χ0v) is 11.1.